The summed E-state index contributed by atoms with van der Waals surface area (Å²) in [5.74, 6) is 3.17. The van der Waals surface area contributed by atoms with Crippen LogP contribution in [0.2, 0.25) is 0 Å². The quantitative estimate of drug-likeness (QED) is 0.881. The Morgan fingerprint density at radius 3 is 2.53 bits per heavy atom. The van der Waals surface area contributed by atoms with Gasteiger partial charge in [0, 0.05) is 12.5 Å². The fourth-order valence-electron chi connectivity index (χ4n) is 3.20. The van der Waals surface area contributed by atoms with E-state index in [0.717, 1.165) is 43.4 Å². The minimum atomic E-state index is 0.265. The van der Waals surface area contributed by atoms with Crippen LogP contribution < -0.4 is 10.1 Å². The lowest BCUT2D eigenvalue weighted by Gasteiger charge is -2.12. The molecule has 3 rings (SSSR count). The van der Waals surface area contributed by atoms with Crippen molar-refractivity contribution in [3.05, 3.63) is 29.8 Å². The molecule has 102 valence electrons. The third kappa shape index (κ3) is 2.91. The molecule has 2 atom stereocenters. The van der Waals surface area contributed by atoms with Gasteiger partial charge in [-0.15, -0.1) is 0 Å². The van der Waals surface area contributed by atoms with Crippen LogP contribution in [0, 0.1) is 17.8 Å². The maximum atomic E-state index is 12.0. The molecular formula is C16H21NO2. The van der Waals surface area contributed by atoms with E-state index in [1.807, 2.05) is 12.1 Å². The molecule has 0 spiro atoms. The normalized spacial score (nSPS) is 27.7. The molecule has 1 amide bonds. The average Bonchev–Trinajstić information content (AvgIpc) is 3.06. The van der Waals surface area contributed by atoms with Gasteiger partial charge in [0.05, 0.1) is 7.11 Å². The molecule has 2 unspecified atom stereocenters. The molecule has 0 saturated heterocycles. The van der Waals surface area contributed by atoms with E-state index in [-0.39, 0.29) is 5.91 Å². The van der Waals surface area contributed by atoms with Crippen molar-refractivity contribution in [3.8, 4) is 5.75 Å². The predicted molar refractivity (Wildman–Crippen MR) is 74.0 cm³/mol. The molecular weight excluding hydrogens is 238 g/mol. The molecule has 0 aliphatic heterocycles. The number of hydrogen-bond donors (Lipinski definition) is 1. The van der Waals surface area contributed by atoms with Crippen LogP contribution in [0.1, 0.15) is 24.8 Å². The summed E-state index contributed by atoms with van der Waals surface area (Å²) >= 11 is 0. The lowest BCUT2D eigenvalue weighted by Crippen LogP contribution is -2.31. The zero-order chi connectivity index (χ0) is 13.2. The molecule has 2 fully saturated rings. The number of ether oxygens (including phenoxy) is 1. The number of rotatable bonds is 5. The van der Waals surface area contributed by atoms with Crippen LogP contribution in [0.25, 0.3) is 0 Å². The summed E-state index contributed by atoms with van der Waals surface area (Å²) in [6.45, 7) is 0.733. The van der Waals surface area contributed by atoms with Crippen molar-refractivity contribution in [1.29, 1.82) is 0 Å². The molecule has 1 aromatic rings. The first-order valence-corrected chi connectivity index (χ1v) is 7.17. The van der Waals surface area contributed by atoms with Crippen LogP contribution in [0.5, 0.6) is 5.75 Å². The average molecular weight is 259 g/mol. The zero-order valence-corrected chi connectivity index (χ0v) is 11.4. The highest BCUT2D eigenvalue weighted by Crippen LogP contribution is 2.54. The number of methoxy groups -OCH3 is 1. The molecule has 3 heteroatoms. The highest BCUT2D eigenvalue weighted by atomic mass is 16.5. The molecule has 2 aliphatic rings. The molecule has 1 N–H and O–H groups in total. The van der Waals surface area contributed by atoms with Crippen LogP contribution in [-0.4, -0.2) is 19.6 Å². The first kappa shape index (κ1) is 12.5. The maximum absolute atomic E-state index is 12.0. The molecule has 2 aliphatic carbocycles. The van der Waals surface area contributed by atoms with Crippen molar-refractivity contribution in [2.45, 2.75) is 25.7 Å². The van der Waals surface area contributed by atoms with Gasteiger partial charge in [-0.3, -0.25) is 4.79 Å². The smallest absolute Gasteiger partial charge is 0.223 e. The monoisotopic (exact) mass is 259 g/mol. The topological polar surface area (TPSA) is 38.3 Å². The number of benzene rings is 1. The Hall–Kier alpha value is -1.51. The van der Waals surface area contributed by atoms with Gasteiger partial charge in [0.2, 0.25) is 5.91 Å². The Morgan fingerprint density at radius 2 is 1.89 bits per heavy atom. The summed E-state index contributed by atoms with van der Waals surface area (Å²) in [6.07, 6.45) is 4.50. The summed E-state index contributed by atoms with van der Waals surface area (Å²) in [6, 6.07) is 8.02. The molecule has 1 aromatic carbocycles. The SMILES string of the molecule is COc1ccc(CCNC(=O)C2CC3CC3C2)cc1. The highest BCUT2D eigenvalue weighted by Gasteiger charge is 2.47. The minimum Gasteiger partial charge on any atom is -0.497 e. The van der Waals surface area contributed by atoms with Gasteiger partial charge in [0.25, 0.3) is 0 Å². The van der Waals surface area contributed by atoms with E-state index >= 15 is 0 Å². The van der Waals surface area contributed by atoms with Crippen molar-refractivity contribution in [2.24, 2.45) is 17.8 Å². The summed E-state index contributed by atoms with van der Waals surface area (Å²) in [7, 11) is 1.67. The van der Waals surface area contributed by atoms with E-state index in [4.69, 9.17) is 4.74 Å². The number of amides is 1. The standard InChI is InChI=1S/C16H21NO2/c1-19-15-4-2-11(3-5-15)6-7-17-16(18)14-9-12-8-13(12)10-14/h2-5,12-14H,6-10H2,1H3,(H,17,18). The summed E-state index contributed by atoms with van der Waals surface area (Å²) in [5.41, 5.74) is 1.23. The molecule has 3 nitrogen and oxygen atoms in total. The summed E-state index contributed by atoms with van der Waals surface area (Å²) in [5, 5.41) is 3.07. The van der Waals surface area contributed by atoms with Crippen molar-refractivity contribution < 1.29 is 9.53 Å². The van der Waals surface area contributed by atoms with Crippen LogP contribution in [0.15, 0.2) is 24.3 Å². The van der Waals surface area contributed by atoms with Gasteiger partial charge in [-0.05, 0) is 55.2 Å². The van der Waals surface area contributed by atoms with Gasteiger partial charge in [0.15, 0.2) is 0 Å². The Labute approximate surface area is 114 Å². The van der Waals surface area contributed by atoms with E-state index in [0.29, 0.717) is 5.92 Å². The fraction of sp³-hybridized carbons (Fsp3) is 0.562. The van der Waals surface area contributed by atoms with Crippen LogP contribution in [0.3, 0.4) is 0 Å². The van der Waals surface area contributed by atoms with Gasteiger partial charge in [0.1, 0.15) is 5.75 Å². The van der Waals surface area contributed by atoms with Gasteiger partial charge in [-0.25, -0.2) is 0 Å². The number of nitrogens with one attached hydrogen (secondary N) is 1. The predicted octanol–water partition coefficient (Wildman–Crippen LogP) is 2.40. The number of fused-ring (bicyclic) bond motifs is 1. The lowest BCUT2D eigenvalue weighted by atomic mass is 10.0. The van der Waals surface area contributed by atoms with Crippen molar-refractivity contribution in [2.75, 3.05) is 13.7 Å². The van der Waals surface area contributed by atoms with Gasteiger partial charge in [-0.2, -0.15) is 0 Å². The fourth-order valence-corrected chi connectivity index (χ4v) is 3.20. The molecule has 2 saturated carbocycles. The number of carbonyl (C=O) groups is 1. The lowest BCUT2D eigenvalue weighted by molar-refractivity contribution is -0.125. The second-order valence-electron chi connectivity index (χ2n) is 5.81. The number of hydrogen-bond acceptors (Lipinski definition) is 2. The van der Waals surface area contributed by atoms with Gasteiger partial charge >= 0.3 is 0 Å². The van der Waals surface area contributed by atoms with Crippen molar-refractivity contribution in [3.63, 3.8) is 0 Å². The second-order valence-corrected chi connectivity index (χ2v) is 5.81. The van der Waals surface area contributed by atoms with Crippen LogP contribution >= 0.6 is 0 Å². The van der Waals surface area contributed by atoms with E-state index in [2.05, 4.69) is 17.4 Å². The van der Waals surface area contributed by atoms with Crippen molar-refractivity contribution in [1.82, 2.24) is 5.32 Å². The minimum absolute atomic E-state index is 0.265. The Morgan fingerprint density at radius 1 is 1.21 bits per heavy atom. The van der Waals surface area contributed by atoms with E-state index < -0.39 is 0 Å². The molecule has 0 radical (unpaired) electrons. The Bertz CT molecular complexity index is 444. The van der Waals surface area contributed by atoms with E-state index in [9.17, 15) is 4.79 Å². The van der Waals surface area contributed by atoms with E-state index in [1.54, 1.807) is 7.11 Å². The molecule has 19 heavy (non-hydrogen) atoms. The van der Waals surface area contributed by atoms with Gasteiger partial charge < -0.3 is 10.1 Å². The number of carbonyl (C=O) groups excluding carboxylic acids is 1. The highest BCUT2D eigenvalue weighted by molar-refractivity contribution is 5.79. The first-order chi connectivity index (χ1) is 9.26. The Kier molecular flexibility index (Phi) is 3.45. The molecule has 0 aromatic heterocycles. The first-order valence-electron chi connectivity index (χ1n) is 7.17. The summed E-state index contributed by atoms with van der Waals surface area (Å²) < 4.78 is 5.12. The molecule has 0 heterocycles. The maximum Gasteiger partial charge on any atom is 0.223 e. The summed E-state index contributed by atoms with van der Waals surface area (Å²) in [4.78, 5) is 12.0. The van der Waals surface area contributed by atoms with Crippen LogP contribution in [-0.2, 0) is 11.2 Å². The van der Waals surface area contributed by atoms with Crippen molar-refractivity contribution >= 4 is 5.91 Å². The third-order valence-corrected chi connectivity index (χ3v) is 4.49. The third-order valence-electron chi connectivity index (χ3n) is 4.49. The zero-order valence-electron chi connectivity index (χ0n) is 11.4. The van der Waals surface area contributed by atoms with Gasteiger partial charge in [-0.1, -0.05) is 12.1 Å². The largest absolute Gasteiger partial charge is 0.497 e. The van der Waals surface area contributed by atoms with Crippen LogP contribution in [0.4, 0.5) is 0 Å². The van der Waals surface area contributed by atoms with E-state index in [1.165, 1.54) is 12.0 Å². The second kappa shape index (κ2) is 5.24. The Balaban J connectivity index is 1.40. The molecule has 0 bridgehead atoms.